The van der Waals surface area contributed by atoms with Crippen molar-refractivity contribution < 1.29 is 28.4 Å². The van der Waals surface area contributed by atoms with Gasteiger partial charge in [0.25, 0.3) is 0 Å². The Labute approximate surface area is 143 Å². The van der Waals surface area contributed by atoms with Crippen LogP contribution in [-0.4, -0.2) is 61.4 Å². The van der Waals surface area contributed by atoms with E-state index in [4.69, 9.17) is 28.4 Å². The van der Waals surface area contributed by atoms with Gasteiger partial charge >= 0.3 is 0 Å². The van der Waals surface area contributed by atoms with Crippen molar-refractivity contribution in [3.63, 3.8) is 0 Å². The van der Waals surface area contributed by atoms with Crippen LogP contribution in [0, 0.1) is 0 Å². The molecule has 2 heterocycles. The highest BCUT2D eigenvalue weighted by molar-refractivity contribution is 5.09. The SMILES string of the molecule is C=CCO[C@H]1[C@@H]2OC(C)(C)O[C@@H]2[C@H](OCC=C)C2OC(C)(C)O[C@@H]21. The zero-order valence-electron chi connectivity index (χ0n) is 14.9. The van der Waals surface area contributed by atoms with Gasteiger partial charge in [-0.3, -0.25) is 0 Å². The van der Waals surface area contributed by atoms with Crippen molar-refractivity contribution in [3.8, 4) is 0 Å². The second-order valence-electron chi connectivity index (χ2n) is 7.30. The fourth-order valence-electron chi connectivity index (χ4n) is 3.76. The summed E-state index contributed by atoms with van der Waals surface area (Å²) in [6.45, 7) is 15.8. The van der Waals surface area contributed by atoms with E-state index < -0.39 is 11.6 Å². The van der Waals surface area contributed by atoms with E-state index in [1.807, 2.05) is 27.7 Å². The van der Waals surface area contributed by atoms with Crippen molar-refractivity contribution in [2.24, 2.45) is 0 Å². The summed E-state index contributed by atoms with van der Waals surface area (Å²) in [6, 6.07) is 0. The van der Waals surface area contributed by atoms with E-state index in [0.29, 0.717) is 13.2 Å². The second kappa shape index (κ2) is 6.52. The van der Waals surface area contributed by atoms with Gasteiger partial charge in [-0.2, -0.15) is 0 Å². The van der Waals surface area contributed by atoms with Crippen molar-refractivity contribution in [2.75, 3.05) is 13.2 Å². The Balaban J connectivity index is 1.91. The molecule has 2 saturated heterocycles. The Morgan fingerprint density at radius 3 is 1.25 bits per heavy atom. The quantitative estimate of drug-likeness (QED) is 0.691. The Morgan fingerprint density at radius 2 is 1.00 bits per heavy atom. The van der Waals surface area contributed by atoms with Crippen LogP contribution in [-0.2, 0) is 28.4 Å². The maximum absolute atomic E-state index is 6.13. The number of hydrogen-bond donors (Lipinski definition) is 0. The van der Waals surface area contributed by atoms with Gasteiger partial charge in [0.1, 0.15) is 36.6 Å². The summed E-state index contributed by atoms with van der Waals surface area (Å²) in [5, 5.41) is 0. The number of fused-ring (bicyclic) bond motifs is 2. The fourth-order valence-corrected chi connectivity index (χ4v) is 3.76. The first-order valence-electron chi connectivity index (χ1n) is 8.44. The molecule has 6 nitrogen and oxygen atoms in total. The van der Waals surface area contributed by atoms with Crippen molar-refractivity contribution in [3.05, 3.63) is 25.3 Å². The fraction of sp³-hybridized carbons (Fsp3) is 0.778. The van der Waals surface area contributed by atoms with Crippen LogP contribution in [0.25, 0.3) is 0 Å². The molecule has 6 atom stereocenters. The maximum atomic E-state index is 6.13. The highest BCUT2D eigenvalue weighted by atomic mass is 16.8. The number of hydrogen-bond acceptors (Lipinski definition) is 6. The smallest absolute Gasteiger partial charge is 0.164 e. The summed E-state index contributed by atoms with van der Waals surface area (Å²) in [7, 11) is 0. The van der Waals surface area contributed by atoms with E-state index in [2.05, 4.69) is 13.2 Å². The highest BCUT2D eigenvalue weighted by Crippen LogP contribution is 2.46. The second-order valence-corrected chi connectivity index (χ2v) is 7.30. The number of rotatable bonds is 6. The van der Waals surface area contributed by atoms with Gasteiger partial charge in [-0.1, -0.05) is 12.2 Å². The summed E-state index contributed by atoms with van der Waals surface area (Å²) in [4.78, 5) is 0. The minimum Gasteiger partial charge on any atom is -0.369 e. The third-order valence-electron chi connectivity index (χ3n) is 4.44. The van der Waals surface area contributed by atoms with Crippen molar-refractivity contribution in [1.82, 2.24) is 0 Å². The van der Waals surface area contributed by atoms with Crippen LogP contribution in [0.15, 0.2) is 25.3 Å². The van der Waals surface area contributed by atoms with Gasteiger partial charge in [0.2, 0.25) is 0 Å². The summed E-state index contributed by atoms with van der Waals surface area (Å²) in [5.41, 5.74) is 0. The average molecular weight is 340 g/mol. The van der Waals surface area contributed by atoms with Crippen LogP contribution in [0.1, 0.15) is 27.7 Å². The van der Waals surface area contributed by atoms with Crippen LogP contribution in [0.3, 0.4) is 0 Å². The molecule has 1 aliphatic carbocycles. The van der Waals surface area contributed by atoms with Gasteiger partial charge < -0.3 is 28.4 Å². The molecular formula is C18H28O6. The molecule has 1 unspecified atom stereocenters. The monoisotopic (exact) mass is 340 g/mol. The molecule has 0 spiro atoms. The minimum absolute atomic E-state index is 0.298. The lowest BCUT2D eigenvalue weighted by Crippen LogP contribution is -2.63. The average Bonchev–Trinajstić information content (AvgIpc) is 2.97. The topological polar surface area (TPSA) is 55.4 Å². The molecule has 0 amide bonds. The van der Waals surface area contributed by atoms with Crippen LogP contribution < -0.4 is 0 Å². The lowest BCUT2D eigenvalue weighted by Gasteiger charge is -2.42. The molecule has 0 bridgehead atoms. The molecule has 1 saturated carbocycles. The molecule has 136 valence electrons. The van der Waals surface area contributed by atoms with Crippen molar-refractivity contribution >= 4 is 0 Å². The van der Waals surface area contributed by atoms with Gasteiger partial charge in [0, 0.05) is 0 Å². The Kier molecular flexibility index (Phi) is 4.90. The first-order valence-corrected chi connectivity index (χ1v) is 8.44. The first kappa shape index (κ1) is 18.0. The predicted molar refractivity (Wildman–Crippen MR) is 87.5 cm³/mol. The summed E-state index contributed by atoms with van der Waals surface area (Å²) >= 11 is 0. The van der Waals surface area contributed by atoms with Crippen LogP contribution in [0.4, 0.5) is 0 Å². The van der Waals surface area contributed by atoms with Crippen LogP contribution in [0.5, 0.6) is 0 Å². The lowest BCUT2D eigenvalue weighted by molar-refractivity contribution is -0.187. The minimum atomic E-state index is -0.713. The van der Waals surface area contributed by atoms with Gasteiger partial charge in [-0.15, -0.1) is 13.2 Å². The summed E-state index contributed by atoms with van der Waals surface area (Å²) < 4.78 is 36.5. The van der Waals surface area contributed by atoms with E-state index in [1.54, 1.807) is 12.2 Å². The Bertz CT molecular complexity index is 416. The van der Waals surface area contributed by atoms with E-state index in [9.17, 15) is 0 Å². The summed E-state index contributed by atoms with van der Waals surface area (Å²) in [6.07, 6.45) is 1.61. The Morgan fingerprint density at radius 1 is 0.708 bits per heavy atom. The number of ether oxygens (including phenoxy) is 6. The molecule has 24 heavy (non-hydrogen) atoms. The summed E-state index contributed by atoms with van der Waals surface area (Å²) in [5.74, 6) is -1.43. The van der Waals surface area contributed by atoms with E-state index in [0.717, 1.165) is 0 Å². The maximum Gasteiger partial charge on any atom is 0.164 e. The molecule has 6 heteroatoms. The van der Waals surface area contributed by atoms with Crippen LogP contribution in [0.2, 0.25) is 0 Å². The third-order valence-corrected chi connectivity index (χ3v) is 4.44. The van der Waals surface area contributed by atoms with Crippen molar-refractivity contribution in [2.45, 2.75) is 75.9 Å². The van der Waals surface area contributed by atoms with Gasteiger partial charge in [-0.05, 0) is 27.7 Å². The normalized spacial score (nSPS) is 42.3. The molecule has 3 aliphatic rings. The molecule has 0 aromatic rings. The van der Waals surface area contributed by atoms with E-state index in [-0.39, 0.29) is 36.6 Å². The molecule has 3 fully saturated rings. The molecule has 0 radical (unpaired) electrons. The lowest BCUT2D eigenvalue weighted by atomic mass is 9.84. The van der Waals surface area contributed by atoms with Crippen molar-refractivity contribution in [1.29, 1.82) is 0 Å². The molecule has 0 aromatic carbocycles. The Hall–Kier alpha value is -0.760. The zero-order chi connectivity index (χ0) is 17.5. The third kappa shape index (κ3) is 3.31. The molecule has 3 rings (SSSR count). The van der Waals surface area contributed by atoms with Crippen LogP contribution >= 0.6 is 0 Å². The first-order chi connectivity index (χ1) is 11.3. The molecule has 0 N–H and O–H groups in total. The van der Waals surface area contributed by atoms with Gasteiger partial charge in [0.15, 0.2) is 11.6 Å². The molecular weight excluding hydrogens is 312 g/mol. The standard InChI is InChI=1S/C18H28O6/c1-7-9-19-11-13-15(23-17(3,4)21-13)12(20-10-8-2)16-14(11)22-18(5,6)24-16/h7-8,11-16H,1-2,9-10H2,3-6H3/t11-,12-,13-,14+,15+,16?/m0/s1. The molecule has 0 aromatic heterocycles. The van der Waals surface area contributed by atoms with Gasteiger partial charge in [-0.25, -0.2) is 0 Å². The predicted octanol–water partition coefficient (Wildman–Crippen LogP) is 2.18. The largest absolute Gasteiger partial charge is 0.369 e. The zero-order valence-corrected chi connectivity index (χ0v) is 14.9. The van der Waals surface area contributed by atoms with E-state index >= 15 is 0 Å². The molecule has 2 aliphatic heterocycles. The highest BCUT2D eigenvalue weighted by Gasteiger charge is 2.64. The van der Waals surface area contributed by atoms with E-state index in [1.165, 1.54) is 0 Å². The van der Waals surface area contributed by atoms with Gasteiger partial charge in [0.05, 0.1) is 13.2 Å².